The van der Waals surface area contributed by atoms with Gasteiger partial charge in [-0.2, -0.15) is 10.2 Å². The molecule has 1 aromatic carbocycles. The summed E-state index contributed by atoms with van der Waals surface area (Å²) in [7, 11) is 0. The Hall–Kier alpha value is -1.90. The van der Waals surface area contributed by atoms with Crippen molar-refractivity contribution in [1.29, 1.82) is 0 Å². The van der Waals surface area contributed by atoms with Crippen molar-refractivity contribution in [2.24, 2.45) is 11.8 Å². The molecule has 0 atom stereocenters. The molecule has 1 aromatic heterocycles. The molecule has 2 aromatic rings. The van der Waals surface area contributed by atoms with Crippen LogP contribution in [-0.4, -0.2) is 16.8 Å². The van der Waals surface area contributed by atoms with Gasteiger partial charge in [0.1, 0.15) is 5.75 Å². The van der Waals surface area contributed by atoms with Gasteiger partial charge in [0, 0.05) is 5.56 Å². The molecule has 1 heterocycles. The first-order valence-corrected chi connectivity index (χ1v) is 10.8. The molecule has 3 heteroatoms. The Balaban J connectivity index is 1.45. The summed E-state index contributed by atoms with van der Waals surface area (Å²) in [5.41, 5.74) is 3.14. The van der Waals surface area contributed by atoms with Crippen molar-refractivity contribution < 1.29 is 4.74 Å². The Labute approximate surface area is 164 Å². The molecule has 146 valence electrons. The highest BCUT2D eigenvalue weighted by Gasteiger charge is 2.20. The molecule has 27 heavy (non-hydrogen) atoms. The fraction of sp³-hybridized carbons (Fsp3) is 0.583. The van der Waals surface area contributed by atoms with Gasteiger partial charge in [0.05, 0.1) is 18.0 Å². The summed E-state index contributed by atoms with van der Waals surface area (Å²) in [4.78, 5) is 0. The smallest absolute Gasteiger partial charge is 0.119 e. The van der Waals surface area contributed by atoms with Crippen molar-refractivity contribution >= 4 is 0 Å². The molecular formula is C24H34N2O. The van der Waals surface area contributed by atoms with E-state index < -0.39 is 0 Å². The normalized spacial score (nSPS) is 19.8. The molecular weight excluding hydrogens is 332 g/mol. The summed E-state index contributed by atoms with van der Waals surface area (Å²) in [6, 6.07) is 12.3. The highest BCUT2D eigenvalue weighted by Crippen LogP contribution is 2.34. The summed E-state index contributed by atoms with van der Waals surface area (Å²) < 4.78 is 5.50. The molecule has 0 N–H and O–H groups in total. The lowest BCUT2D eigenvalue weighted by Gasteiger charge is -2.28. The van der Waals surface area contributed by atoms with Crippen LogP contribution in [0.4, 0.5) is 0 Å². The van der Waals surface area contributed by atoms with E-state index in [2.05, 4.69) is 29.3 Å². The van der Waals surface area contributed by atoms with Crippen LogP contribution >= 0.6 is 0 Å². The number of benzene rings is 1. The monoisotopic (exact) mass is 366 g/mol. The Morgan fingerprint density at radius 3 is 2.15 bits per heavy atom. The van der Waals surface area contributed by atoms with E-state index in [1.165, 1.54) is 51.4 Å². The third kappa shape index (κ3) is 6.05. The zero-order chi connectivity index (χ0) is 18.9. The predicted molar refractivity (Wildman–Crippen MR) is 112 cm³/mol. The molecule has 0 radical (unpaired) electrons. The molecule has 0 bridgehead atoms. The summed E-state index contributed by atoms with van der Waals surface area (Å²) in [5, 5.41) is 8.92. The summed E-state index contributed by atoms with van der Waals surface area (Å²) in [6.45, 7) is 4.98. The fourth-order valence-electron chi connectivity index (χ4n) is 4.19. The number of nitrogens with zero attached hydrogens (tertiary/aromatic N) is 2. The molecule has 1 aliphatic rings. The maximum Gasteiger partial charge on any atom is 0.119 e. The van der Waals surface area contributed by atoms with Crippen molar-refractivity contribution in [3.8, 4) is 17.0 Å². The predicted octanol–water partition coefficient (Wildman–Crippen LogP) is 6.47. The standard InChI is InChI=1S/C24H34N2O/c1-3-5-6-19-7-9-20(10-8-19)11-14-22-15-18-24(26-25-22)21-12-16-23(17-13-21)27-4-2/h12-13,15-20H,3-11,14H2,1-2H3. The van der Waals surface area contributed by atoms with Crippen LogP contribution in [0.5, 0.6) is 5.75 Å². The van der Waals surface area contributed by atoms with Crippen LogP contribution < -0.4 is 4.74 Å². The topological polar surface area (TPSA) is 35.0 Å². The fourth-order valence-corrected chi connectivity index (χ4v) is 4.19. The SMILES string of the molecule is CCCCC1CCC(CCc2ccc(-c3ccc(OCC)cc3)nn2)CC1. The van der Waals surface area contributed by atoms with Gasteiger partial charge in [-0.05, 0) is 68.0 Å². The average Bonchev–Trinajstić information content (AvgIpc) is 2.73. The Kier molecular flexibility index (Phi) is 7.67. The maximum atomic E-state index is 5.50. The minimum absolute atomic E-state index is 0.689. The molecule has 3 nitrogen and oxygen atoms in total. The first kappa shape index (κ1) is 19.9. The highest BCUT2D eigenvalue weighted by molar-refractivity contribution is 5.59. The van der Waals surface area contributed by atoms with E-state index in [0.29, 0.717) is 6.61 Å². The lowest BCUT2D eigenvalue weighted by molar-refractivity contribution is 0.249. The zero-order valence-electron chi connectivity index (χ0n) is 17.0. The molecule has 0 saturated heterocycles. The Morgan fingerprint density at radius 1 is 0.852 bits per heavy atom. The van der Waals surface area contributed by atoms with Gasteiger partial charge in [0.2, 0.25) is 0 Å². The van der Waals surface area contributed by atoms with E-state index in [1.54, 1.807) is 0 Å². The van der Waals surface area contributed by atoms with Gasteiger partial charge in [-0.25, -0.2) is 0 Å². The van der Waals surface area contributed by atoms with Crippen molar-refractivity contribution in [3.05, 3.63) is 42.1 Å². The first-order valence-electron chi connectivity index (χ1n) is 10.8. The van der Waals surface area contributed by atoms with Gasteiger partial charge in [0.15, 0.2) is 0 Å². The van der Waals surface area contributed by atoms with Crippen molar-refractivity contribution in [3.63, 3.8) is 0 Å². The van der Waals surface area contributed by atoms with Crippen LogP contribution in [0, 0.1) is 11.8 Å². The van der Waals surface area contributed by atoms with Crippen LogP contribution in [0.2, 0.25) is 0 Å². The molecule has 0 unspecified atom stereocenters. The summed E-state index contributed by atoms with van der Waals surface area (Å²) in [6.07, 6.45) is 12.2. The molecule has 0 spiro atoms. The van der Waals surface area contributed by atoms with E-state index in [1.807, 2.05) is 31.2 Å². The summed E-state index contributed by atoms with van der Waals surface area (Å²) in [5.74, 6) is 2.78. The molecule has 3 rings (SSSR count). The third-order valence-corrected chi connectivity index (χ3v) is 5.92. The quantitative estimate of drug-likeness (QED) is 0.510. The lowest BCUT2D eigenvalue weighted by atomic mass is 9.78. The second kappa shape index (κ2) is 10.4. The minimum atomic E-state index is 0.689. The molecule has 1 fully saturated rings. The van der Waals surface area contributed by atoms with Crippen LogP contribution in [0.3, 0.4) is 0 Å². The van der Waals surface area contributed by atoms with Crippen molar-refractivity contribution in [2.75, 3.05) is 6.61 Å². The van der Waals surface area contributed by atoms with Crippen molar-refractivity contribution in [2.45, 2.75) is 71.6 Å². The van der Waals surface area contributed by atoms with Gasteiger partial charge in [0.25, 0.3) is 0 Å². The van der Waals surface area contributed by atoms with E-state index >= 15 is 0 Å². The first-order chi connectivity index (χ1) is 13.3. The summed E-state index contributed by atoms with van der Waals surface area (Å²) >= 11 is 0. The van der Waals surface area contributed by atoms with E-state index in [4.69, 9.17) is 4.74 Å². The second-order valence-corrected chi connectivity index (χ2v) is 7.93. The van der Waals surface area contributed by atoms with Gasteiger partial charge in [-0.1, -0.05) is 51.9 Å². The number of hydrogen-bond donors (Lipinski definition) is 0. The van der Waals surface area contributed by atoms with Crippen LogP contribution in [0.25, 0.3) is 11.3 Å². The zero-order valence-corrected chi connectivity index (χ0v) is 17.0. The highest BCUT2D eigenvalue weighted by atomic mass is 16.5. The van der Waals surface area contributed by atoms with Gasteiger partial charge in [-0.15, -0.1) is 0 Å². The van der Waals surface area contributed by atoms with E-state index in [9.17, 15) is 0 Å². The minimum Gasteiger partial charge on any atom is -0.494 e. The van der Waals surface area contributed by atoms with Crippen LogP contribution in [-0.2, 0) is 6.42 Å². The number of aromatic nitrogens is 2. The number of aryl methyl sites for hydroxylation is 1. The molecule has 1 saturated carbocycles. The van der Waals surface area contributed by atoms with E-state index in [-0.39, 0.29) is 0 Å². The Morgan fingerprint density at radius 2 is 1.56 bits per heavy atom. The number of unbranched alkanes of at least 4 members (excludes halogenated alkanes) is 1. The number of ether oxygens (including phenoxy) is 1. The van der Waals surface area contributed by atoms with Crippen LogP contribution in [0.1, 0.15) is 70.9 Å². The molecule has 1 aliphatic carbocycles. The van der Waals surface area contributed by atoms with Crippen LogP contribution in [0.15, 0.2) is 36.4 Å². The largest absolute Gasteiger partial charge is 0.494 e. The Bertz CT molecular complexity index is 658. The van der Waals surface area contributed by atoms with Gasteiger partial charge in [-0.3, -0.25) is 0 Å². The van der Waals surface area contributed by atoms with Gasteiger partial charge < -0.3 is 4.74 Å². The molecule has 0 aliphatic heterocycles. The van der Waals surface area contributed by atoms with E-state index in [0.717, 1.165) is 41.0 Å². The van der Waals surface area contributed by atoms with Gasteiger partial charge >= 0.3 is 0 Å². The number of rotatable bonds is 9. The van der Waals surface area contributed by atoms with Crippen molar-refractivity contribution in [1.82, 2.24) is 10.2 Å². The molecule has 0 amide bonds. The second-order valence-electron chi connectivity index (χ2n) is 7.93. The maximum absolute atomic E-state index is 5.50. The number of hydrogen-bond acceptors (Lipinski definition) is 3. The third-order valence-electron chi connectivity index (χ3n) is 5.92. The average molecular weight is 367 g/mol. The lowest BCUT2D eigenvalue weighted by Crippen LogP contribution is -2.15.